The lowest BCUT2D eigenvalue weighted by Gasteiger charge is -2.20. The molecule has 0 bridgehead atoms. The average molecular weight is 246 g/mol. The summed E-state index contributed by atoms with van der Waals surface area (Å²) in [6.45, 7) is 1.67. The zero-order chi connectivity index (χ0) is 12.3. The van der Waals surface area contributed by atoms with Crippen LogP contribution in [0.15, 0.2) is 24.3 Å². The minimum absolute atomic E-state index is 0.288. The van der Waals surface area contributed by atoms with Crippen molar-refractivity contribution in [1.82, 2.24) is 0 Å². The van der Waals surface area contributed by atoms with Gasteiger partial charge in [-0.1, -0.05) is 19.1 Å². The van der Waals surface area contributed by atoms with Gasteiger partial charge in [0.05, 0.1) is 11.4 Å². The predicted molar refractivity (Wildman–Crippen MR) is 60.3 cm³/mol. The van der Waals surface area contributed by atoms with Gasteiger partial charge in [-0.05, 0) is 24.1 Å². The van der Waals surface area contributed by atoms with E-state index in [4.69, 9.17) is 0 Å². The summed E-state index contributed by atoms with van der Waals surface area (Å²) in [6.07, 6.45) is 0.177. The normalized spacial score (nSPS) is 15.8. The van der Waals surface area contributed by atoms with Crippen molar-refractivity contribution < 1.29 is 17.9 Å². The second kappa shape index (κ2) is 4.93. The molecule has 3 nitrogen and oxygen atoms in total. The van der Waals surface area contributed by atoms with Crippen LogP contribution in [0.4, 0.5) is 4.39 Å². The van der Waals surface area contributed by atoms with Crippen molar-refractivity contribution in [2.75, 3.05) is 6.26 Å². The standard InChI is InChI=1S/C11H15FO3S/c1-3-10(16(2,14)15)11(13)8-5-4-6-9(12)7-8/h4-7,10-11,13H,3H2,1-2H3/t10-,11-/m0/s1. The lowest BCUT2D eigenvalue weighted by atomic mass is 10.1. The largest absolute Gasteiger partial charge is 0.387 e. The van der Waals surface area contributed by atoms with Gasteiger partial charge in [0.2, 0.25) is 0 Å². The van der Waals surface area contributed by atoms with Crippen molar-refractivity contribution in [1.29, 1.82) is 0 Å². The van der Waals surface area contributed by atoms with Gasteiger partial charge in [0.1, 0.15) is 5.82 Å². The van der Waals surface area contributed by atoms with Crippen molar-refractivity contribution in [3.8, 4) is 0 Å². The van der Waals surface area contributed by atoms with Gasteiger partial charge in [-0.2, -0.15) is 0 Å². The Bertz CT molecular complexity index is 456. The van der Waals surface area contributed by atoms with Gasteiger partial charge in [-0.15, -0.1) is 0 Å². The van der Waals surface area contributed by atoms with Gasteiger partial charge in [-0.3, -0.25) is 0 Å². The topological polar surface area (TPSA) is 54.4 Å². The fraction of sp³-hybridized carbons (Fsp3) is 0.455. The third-order valence-corrected chi connectivity index (χ3v) is 4.19. The van der Waals surface area contributed by atoms with Gasteiger partial charge in [0, 0.05) is 6.26 Å². The molecule has 2 atom stereocenters. The third-order valence-electron chi connectivity index (χ3n) is 2.49. The molecule has 1 rings (SSSR count). The molecule has 0 aromatic heterocycles. The second-order valence-corrected chi connectivity index (χ2v) is 6.04. The molecular formula is C11H15FO3S. The summed E-state index contributed by atoms with van der Waals surface area (Å²) in [5, 5.41) is 9.00. The summed E-state index contributed by atoms with van der Waals surface area (Å²) >= 11 is 0. The zero-order valence-electron chi connectivity index (χ0n) is 9.22. The molecule has 0 spiro atoms. The Kier molecular flexibility index (Phi) is 4.04. The molecule has 0 aliphatic rings. The minimum Gasteiger partial charge on any atom is -0.387 e. The maximum Gasteiger partial charge on any atom is 0.153 e. The first-order valence-electron chi connectivity index (χ1n) is 4.98. The second-order valence-electron chi connectivity index (χ2n) is 3.78. The highest BCUT2D eigenvalue weighted by Gasteiger charge is 2.28. The van der Waals surface area contributed by atoms with E-state index >= 15 is 0 Å². The van der Waals surface area contributed by atoms with E-state index in [1.807, 2.05) is 0 Å². The summed E-state index contributed by atoms with van der Waals surface area (Å²) in [5.41, 5.74) is 0.289. The molecule has 5 heteroatoms. The molecule has 0 aliphatic heterocycles. The molecule has 0 aliphatic carbocycles. The Morgan fingerprint density at radius 3 is 2.50 bits per heavy atom. The molecule has 0 saturated heterocycles. The lowest BCUT2D eigenvalue weighted by molar-refractivity contribution is 0.169. The van der Waals surface area contributed by atoms with Crippen molar-refractivity contribution in [3.05, 3.63) is 35.6 Å². The number of halogens is 1. The van der Waals surface area contributed by atoms with Crippen molar-refractivity contribution >= 4 is 9.84 Å². The van der Waals surface area contributed by atoms with Gasteiger partial charge < -0.3 is 5.11 Å². The monoisotopic (exact) mass is 246 g/mol. The number of hydrogen-bond acceptors (Lipinski definition) is 3. The number of rotatable bonds is 4. The lowest BCUT2D eigenvalue weighted by Crippen LogP contribution is -2.26. The molecule has 0 saturated carbocycles. The zero-order valence-corrected chi connectivity index (χ0v) is 10.0. The van der Waals surface area contributed by atoms with E-state index in [9.17, 15) is 17.9 Å². The Morgan fingerprint density at radius 1 is 1.44 bits per heavy atom. The van der Waals surface area contributed by atoms with Gasteiger partial charge in [-0.25, -0.2) is 12.8 Å². The summed E-state index contributed by atoms with van der Waals surface area (Å²) < 4.78 is 35.7. The van der Waals surface area contributed by atoms with E-state index in [1.165, 1.54) is 18.2 Å². The van der Waals surface area contributed by atoms with Crippen LogP contribution in [0.5, 0.6) is 0 Å². The maximum absolute atomic E-state index is 12.9. The minimum atomic E-state index is -3.35. The first kappa shape index (κ1) is 13.1. The molecule has 0 unspecified atom stereocenters. The quantitative estimate of drug-likeness (QED) is 0.879. The molecule has 16 heavy (non-hydrogen) atoms. The average Bonchev–Trinajstić information content (AvgIpc) is 2.16. The highest BCUT2D eigenvalue weighted by Crippen LogP contribution is 2.24. The Labute approximate surface area is 94.8 Å². The molecule has 1 aromatic carbocycles. The van der Waals surface area contributed by atoms with Crippen molar-refractivity contribution in [2.45, 2.75) is 24.7 Å². The van der Waals surface area contributed by atoms with E-state index < -0.39 is 27.0 Å². The van der Waals surface area contributed by atoms with E-state index in [0.717, 1.165) is 12.3 Å². The van der Waals surface area contributed by atoms with Crippen LogP contribution in [0.1, 0.15) is 25.0 Å². The fourth-order valence-electron chi connectivity index (χ4n) is 1.67. The molecule has 0 fully saturated rings. The van der Waals surface area contributed by atoms with E-state index in [0.29, 0.717) is 0 Å². The third kappa shape index (κ3) is 3.02. The van der Waals surface area contributed by atoms with E-state index in [1.54, 1.807) is 6.92 Å². The number of aliphatic hydroxyl groups excluding tert-OH is 1. The van der Waals surface area contributed by atoms with Crippen LogP contribution >= 0.6 is 0 Å². The van der Waals surface area contributed by atoms with Gasteiger partial charge >= 0.3 is 0 Å². The summed E-state index contributed by atoms with van der Waals surface area (Å²) in [6, 6.07) is 5.36. The van der Waals surface area contributed by atoms with Crippen molar-refractivity contribution in [2.24, 2.45) is 0 Å². The van der Waals surface area contributed by atoms with E-state index in [2.05, 4.69) is 0 Å². The van der Waals surface area contributed by atoms with Crippen LogP contribution in [-0.4, -0.2) is 25.0 Å². The van der Waals surface area contributed by atoms with Crippen LogP contribution in [0.2, 0.25) is 0 Å². The Balaban J connectivity index is 3.05. The van der Waals surface area contributed by atoms with Crippen molar-refractivity contribution in [3.63, 3.8) is 0 Å². The number of hydrogen-bond donors (Lipinski definition) is 1. The number of aliphatic hydroxyl groups is 1. The van der Waals surface area contributed by atoms with Crippen LogP contribution in [0.3, 0.4) is 0 Å². The highest BCUT2D eigenvalue weighted by atomic mass is 32.2. The van der Waals surface area contributed by atoms with Crippen LogP contribution in [0, 0.1) is 5.82 Å². The molecule has 0 radical (unpaired) electrons. The summed E-state index contributed by atoms with van der Waals surface area (Å²) in [4.78, 5) is 0. The number of sulfone groups is 1. The fourth-order valence-corrected chi connectivity index (χ4v) is 2.90. The highest BCUT2D eigenvalue weighted by molar-refractivity contribution is 7.91. The van der Waals surface area contributed by atoms with Gasteiger partial charge in [0.25, 0.3) is 0 Å². The molecule has 0 heterocycles. The first-order valence-corrected chi connectivity index (χ1v) is 6.94. The molecule has 1 aromatic rings. The predicted octanol–water partition coefficient (Wildman–Crippen LogP) is 1.68. The molecular weight excluding hydrogens is 231 g/mol. The SMILES string of the molecule is CC[C@@H]([C@@H](O)c1cccc(F)c1)S(C)(=O)=O. The van der Waals surface area contributed by atoms with Crippen LogP contribution < -0.4 is 0 Å². The van der Waals surface area contributed by atoms with Gasteiger partial charge in [0.15, 0.2) is 9.84 Å². The number of benzene rings is 1. The smallest absolute Gasteiger partial charge is 0.153 e. The maximum atomic E-state index is 12.9. The Hall–Kier alpha value is -0.940. The molecule has 0 amide bonds. The molecule has 90 valence electrons. The summed E-state index contributed by atoms with van der Waals surface area (Å²) in [5.74, 6) is -0.486. The summed E-state index contributed by atoms with van der Waals surface area (Å²) in [7, 11) is -3.35. The van der Waals surface area contributed by atoms with Crippen LogP contribution in [0.25, 0.3) is 0 Å². The van der Waals surface area contributed by atoms with E-state index in [-0.39, 0.29) is 12.0 Å². The van der Waals surface area contributed by atoms with Crippen LogP contribution in [-0.2, 0) is 9.84 Å². The Morgan fingerprint density at radius 2 is 2.06 bits per heavy atom. The first-order chi connectivity index (χ1) is 7.36. The molecule has 1 N–H and O–H groups in total.